The lowest BCUT2D eigenvalue weighted by Crippen LogP contribution is -2.21. The molecule has 5 nitrogen and oxygen atoms in total. The van der Waals surface area contributed by atoms with Crippen LogP contribution in [0.5, 0.6) is 0 Å². The molecule has 5 rings (SSSR count). The predicted octanol–water partition coefficient (Wildman–Crippen LogP) is 5.10. The molecule has 1 fully saturated rings. The van der Waals surface area contributed by atoms with Gasteiger partial charge in [-0.3, -0.25) is 0 Å². The van der Waals surface area contributed by atoms with Crippen LogP contribution in [0.25, 0.3) is 33.6 Å². The highest BCUT2D eigenvalue weighted by atomic mass is 32.2. The molecular formula is C22H23N3O2S. The zero-order chi connectivity index (χ0) is 18.9. The normalized spacial score (nSPS) is 15.6. The number of hydrogen-bond donors (Lipinski definition) is 0. The van der Waals surface area contributed by atoms with Crippen molar-refractivity contribution in [2.45, 2.75) is 25.3 Å². The third-order valence-corrected chi connectivity index (χ3v) is 6.00. The second-order valence-electron chi connectivity index (χ2n) is 7.17. The third-order valence-electron chi connectivity index (χ3n) is 5.39. The molecule has 28 heavy (non-hydrogen) atoms. The molecule has 144 valence electrons. The Morgan fingerprint density at radius 2 is 1.93 bits per heavy atom. The van der Waals surface area contributed by atoms with Crippen LogP contribution in [0.3, 0.4) is 0 Å². The van der Waals surface area contributed by atoms with Crippen LogP contribution in [0, 0.1) is 0 Å². The third kappa shape index (κ3) is 3.20. The number of fused-ring (bicyclic) bond motifs is 2. The number of aryl methyl sites for hydroxylation is 1. The maximum Gasteiger partial charge on any atom is 0.227 e. The monoisotopic (exact) mass is 393 g/mol. The van der Waals surface area contributed by atoms with E-state index in [4.69, 9.17) is 14.1 Å². The van der Waals surface area contributed by atoms with E-state index in [2.05, 4.69) is 34.0 Å². The van der Waals surface area contributed by atoms with Crippen LogP contribution in [-0.4, -0.2) is 39.8 Å². The quantitative estimate of drug-likeness (QED) is 0.472. The summed E-state index contributed by atoms with van der Waals surface area (Å²) in [6, 6.07) is 14.7. The van der Waals surface area contributed by atoms with E-state index in [9.17, 15) is 0 Å². The van der Waals surface area contributed by atoms with Gasteiger partial charge in [-0.1, -0.05) is 12.1 Å². The highest BCUT2D eigenvalue weighted by molar-refractivity contribution is 7.98. The zero-order valence-electron chi connectivity index (χ0n) is 15.9. The van der Waals surface area contributed by atoms with Gasteiger partial charge in [0.15, 0.2) is 5.58 Å². The number of aromatic nitrogens is 3. The summed E-state index contributed by atoms with van der Waals surface area (Å²) in [4.78, 5) is 9.64. The van der Waals surface area contributed by atoms with Crippen molar-refractivity contribution in [3.63, 3.8) is 0 Å². The maximum atomic E-state index is 5.96. The van der Waals surface area contributed by atoms with Gasteiger partial charge in [-0.2, -0.15) is 11.8 Å². The van der Waals surface area contributed by atoms with Crippen LogP contribution in [0.1, 0.15) is 24.7 Å². The van der Waals surface area contributed by atoms with Crippen LogP contribution < -0.4 is 0 Å². The van der Waals surface area contributed by atoms with E-state index in [1.54, 1.807) is 0 Å². The minimum Gasteiger partial charge on any atom is -0.436 e. The molecule has 2 aromatic carbocycles. The van der Waals surface area contributed by atoms with E-state index in [0.29, 0.717) is 11.9 Å². The Labute approximate surface area is 168 Å². The van der Waals surface area contributed by atoms with Crippen molar-refractivity contribution in [3.8, 4) is 11.5 Å². The molecule has 2 aromatic heterocycles. The number of hydrogen-bond acceptors (Lipinski definition) is 5. The summed E-state index contributed by atoms with van der Waals surface area (Å²) in [6.45, 7) is 1.65. The Morgan fingerprint density at radius 1 is 1.07 bits per heavy atom. The van der Waals surface area contributed by atoms with E-state index >= 15 is 0 Å². The van der Waals surface area contributed by atoms with Crippen LogP contribution in [0.15, 0.2) is 46.9 Å². The molecule has 0 saturated carbocycles. The standard InChI is InChI=1S/C22H23N3O2S/c1-28-13-10-21-23-18-14-15(22-24-17-4-2-3-5-20(17)27-22)6-7-19(18)25(21)16-8-11-26-12-9-16/h2-7,14,16H,8-13H2,1H3. The minimum atomic E-state index is 0.464. The summed E-state index contributed by atoms with van der Waals surface area (Å²) >= 11 is 1.86. The number of para-hydroxylation sites is 2. The first-order chi connectivity index (χ1) is 13.8. The summed E-state index contributed by atoms with van der Waals surface area (Å²) < 4.78 is 14.0. The van der Waals surface area contributed by atoms with E-state index < -0.39 is 0 Å². The molecule has 6 heteroatoms. The second kappa shape index (κ2) is 7.60. The van der Waals surface area contributed by atoms with Gasteiger partial charge in [0, 0.05) is 37.0 Å². The average Bonchev–Trinajstić information content (AvgIpc) is 3.33. The Hall–Kier alpha value is -2.31. The zero-order valence-corrected chi connectivity index (χ0v) is 16.7. The topological polar surface area (TPSA) is 53.1 Å². The molecule has 0 atom stereocenters. The van der Waals surface area contributed by atoms with Crippen molar-refractivity contribution in [3.05, 3.63) is 48.3 Å². The molecule has 3 heterocycles. The number of rotatable bonds is 5. The molecule has 1 saturated heterocycles. The number of oxazole rings is 1. The van der Waals surface area contributed by atoms with Crippen molar-refractivity contribution >= 4 is 33.9 Å². The molecule has 0 radical (unpaired) electrons. The summed E-state index contributed by atoms with van der Waals surface area (Å²) in [5.74, 6) is 2.89. The molecule has 1 aliphatic rings. The van der Waals surface area contributed by atoms with Gasteiger partial charge in [-0.15, -0.1) is 0 Å². The van der Waals surface area contributed by atoms with E-state index in [1.807, 2.05) is 36.0 Å². The lowest BCUT2D eigenvalue weighted by atomic mass is 10.1. The Morgan fingerprint density at radius 3 is 2.75 bits per heavy atom. The molecule has 0 spiro atoms. The Kier molecular flexibility index (Phi) is 4.82. The molecule has 0 aliphatic carbocycles. The predicted molar refractivity (Wildman–Crippen MR) is 114 cm³/mol. The van der Waals surface area contributed by atoms with Gasteiger partial charge in [-0.05, 0) is 49.4 Å². The fourth-order valence-corrected chi connectivity index (χ4v) is 4.38. The van der Waals surface area contributed by atoms with Gasteiger partial charge in [0.1, 0.15) is 11.3 Å². The lowest BCUT2D eigenvalue weighted by Gasteiger charge is -2.25. The van der Waals surface area contributed by atoms with Gasteiger partial charge in [-0.25, -0.2) is 9.97 Å². The molecule has 4 aromatic rings. The van der Waals surface area contributed by atoms with Gasteiger partial charge in [0.2, 0.25) is 5.89 Å². The number of benzene rings is 2. The summed E-state index contributed by atoms with van der Waals surface area (Å²) in [6.07, 6.45) is 5.22. The smallest absolute Gasteiger partial charge is 0.227 e. The maximum absolute atomic E-state index is 5.96. The first-order valence-electron chi connectivity index (χ1n) is 9.77. The van der Waals surface area contributed by atoms with Crippen molar-refractivity contribution in [2.24, 2.45) is 0 Å². The highest BCUT2D eigenvalue weighted by Gasteiger charge is 2.22. The van der Waals surface area contributed by atoms with Crippen LogP contribution in [-0.2, 0) is 11.2 Å². The molecule has 0 amide bonds. The molecular weight excluding hydrogens is 370 g/mol. The van der Waals surface area contributed by atoms with Crippen molar-refractivity contribution in [1.29, 1.82) is 0 Å². The van der Waals surface area contributed by atoms with Crippen LogP contribution in [0.2, 0.25) is 0 Å². The second-order valence-corrected chi connectivity index (χ2v) is 8.16. The van der Waals surface area contributed by atoms with Crippen molar-refractivity contribution in [2.75, 3.05) is 25.2 Å². The SMILES string of the molecule is CSCCc1nc2cc(-c3nc4ccccc4o3)ccc2n1C1CCOCC1. The summed E-state index contributed by atoms with van der Waals surface area (Å²) in [5.41, 5.74) is 4.87. The van der Waals surface area contributed by atoms with Crippen molar-refractivity contribution < 1.29 is 9.15 Å². The average molecular weight is 394 g/mol. The first kappa shape index (κ1) is 17.8. The first-order valence-corrected chi connectivity index (χ1v) is 11.2. The lowest BCUT2D eigenvalue weighted by molar-refractivity contribution is 0.0699. The molecule has 1 aliphatic heterocycles. The number of ether oxygens (including phenoxy) is 1. The molecule has 0 bridgehead atoms. The Balaban J connectivity index is 1.59. The number of thioether (sulfide) groups is 1. The number of nitrogens with zero attached hydrogens (tertiary/aromatic N) is 3. The van der Waals surface area contributed by atoms with Gasteiger partial charge in [0.05, 0.1) is 11.0 Å². The number of imidazole rings is 1. The fourth-order valence-electron chi connectivity index (χ4n) is 4.00. The molecule has 0 unspecified atom stereocenters. The van der Waals surface area contributed by atoms with Gasteiger partial charge >= 0.3 is 0 Å². The van der Waals surface area contributed by atoms with Crippen molar-refractivity contribution in [1.82, 2.24) is 14.5 Å². The van der Waals surface area contributed by atoms with E-state index in [1.165, 1.54) is 11.3 Å². The van der Waals surface area contributed by atoms with Crippen LogP contribution >= 0.6 is 11.8 Å². The molecule has 0 N–H and O–H groups in total. The highest BCUT2D eigenvalue weighted by Crippen LogP contribution is 2.32. The van der Waals surface area contributed by atoms with Gasteiger partial charge in [0.25, 0.3) is 0 Å². The van der Waals surface area contributed by atoms with Crippen LogP contribution in [0.4, 0.5) is 0 Å². The summed E-state index contributed by atoms with van der Waals surface area (Å²) in [5, 5.41) is 0. The Bertz CT molecular complexity index is 1080. The fraction of sp³-hybridized carbons (Fsp3) is 0.364. The summed E-state index contributed by atoms with van der Waals surface area (Å²) in [7, 11) is 0. The minimum absolute atomic E-state index is 0.464. The van der Waals surface area contributed by atoms with Gasteiger partial charge < -0.3 is 13.7 Å². The van der Waals surface area contributed by atoms with E-state index in [-0.39, 0.29) is 0 Å². The largest absolute Gasteiger partial charge is 0.436 e. The van der Waals surface area contributed by atoms with E-state index in [0.717, 1.165) is 60.4 Å².